The summed E-state index contributed by atoms with van der Waals surface area (Å²) in [4.78, 5) is 24.4. The summed E-state index contributed by atoms with van der Waals surface area (Å²) in [7, 11) is 0. The summed E-state index contributed by atoms with van der Waals surface area (Å²) in [5.41, 5.74) is -0.399. The molecule has 1 atom stereocenters. The number of carboxylic acids is 1. The molecule has 0 heterocycles. The van der Waals surface area contributed by atoms with Crippen LogP contribution in [0.15, 0.2) is 60.7 Å². The van der Waals surface area contributed by atoms with Crippen LogP contribution in [0.1, 0.15) is 53.9 Å². The third-order valence-corrected chi connectivity index (χ3v) is 4.96. The van der Waals surface area contributed by atoms with Gasteiger partial charge in [-0.2, -0.15) is 13.2 Å². The Labute approximate surface area is 189 Å². The van der Waals surface area contributed by atoms with Gasteiger partial charge in [0.25, 0.3) is 0 Å². The first kappa shape index (κ1) is 24.3. The van der Waals surface area contributed by atoms with E-state index in [0.29, 0.717) is 16.3 Å². The number of nitrogens with one attached hydrogen (secondary N) is 1. The molecule has 0 aliphatic carbocycles. The van der Waals surface area contributed by atoms with Crippen LogP contribution in [-0.4, -0.2) is 22.6 Å². The zero-order valence-electron chi connectivity index (χ0n) is 18.4. The van der Waals surface area contributed by atoms with Crippen molar-refractivity contribution in [3.63, 3.8) is 0 Å². The van der Waals surface area contributed by atoms with E-state index in [1.807, 2.05) is 0 Å². The SMILES string of the molecule is CC(C)(C)OC(=O)C(NCc1ccc(C(=O)O)c2ccccc12)c1ccc(C(F)(F)F)cc1. The number of carboxylic acid groups (broad SMARTS) is 1. The standard InChI is InChI=1S/C25H24F3NO4/c1-24(2,3)33-23(32)21(15-8-11-17(12-9-15)25(26,27)28)29-14-16-10-13-20(22(30)31)19-7-5-4-6-18(16)19/h4-13,21,29H,14H2,1-3H3,(H,30,31). The van der Waals surface area contributed by atoms with Crippen molar-refractivity contribution < 1.29 is 32.6 Å². The summed E-state index contributed by atoms with van der Waals surface area (Å²) >= 11 is 0. The fraction of sp³-hybridized carbons (Fsp3) is 0.280. The lowest BCUT2D eigenvalue weighted by molar-refractivity contribution is -0.157. The van der Waals surface area contributed by atoms with Crippen LogP contribution in [-0.2, 0) is 22.3 Å². The van der Waals surface area contributed by atoms with Gasteiger partial charge in [0.1, 0.15) is 11.6 Å². The van der Waals surface area contributed by atoms with E-state index in [1.54, 1.807) is 51.1 Å². The van der Waals surface area contributed by atoms with Gasteiger partial charge in [0.2, 0.25) is 0 Å². The third-order valence-electron chi connectivity index (χ3n) is 4.96. The van der Waals surface area contributed by atoms with Crippen molar-refractivity contribution in [3.05, 3.63) is 82.9 Å². The molecule has 33 heavy (non-hydrogen) atoms. The number of ether oxygens (including phenoxy) is 1. The quantitative estimate of drug-likeness (QED) is 0.461. The Morgan fingerprint density at radius 1 is 0.939 bits per heavy atom. The minimum atomic E-state index is -4.49. The lowest BCUT2D eigenvalue weighted by atomic mass is 9.98. The van der Waals surface area contributed by atoms with E-state index in [-0.39, 0.29) is 12.1 Å². The summed E-state index contributed by atoms with van der Waals surface area (Å²) < 4.78 is 44.4. The van der Waals surface area contributed by atoms with Crippen molar-refractivity contribution in [2.24, 2.45) is 0 Å². The average Bonchev–Trinajstić information content (AvgIpc) is 2.72. The molecular formula is C25H24F3NO4. The smallest absolute Gasteiger partial charge is 0.416 e. The fourth-order valence-electron chi connectivity index (χ4n) is 3.48. The number of aromatic carboxylic acids is 1. The number of hydrogen-bond acceptors (Lipinski definition) is 4. The molecule has 0 amide bonds. The van der Waals surface area contributed by atoms with Crippen molar-refractivity contribution in [2.75, 3.05) is 0 Å². The van der Waals surface area contributed by atoms with Gasteiger partial charge >= 0.3 is 18.1 Å². The summed E-state index contributed by atoms with van der Waals surface area (Å²) in [5.74, 6) is -1.68. The zero-order chi connectivity index (χ0) is 24.4. The second-order valence-corrected chi connectivity index (χ2v) is 8.59. The van der Waals surface area contributed by atoms with Crippen LogP contribution in [0, 0.1) is 0 Å². The zero-order valence-corrected chi connectivity index (χ0v) is 18.4. The summed E-state index contributed by atoms with van der Waals surface area (Å²) in [6, 6.07) is 13.4. The molecule has 0 saturated heterocycles. The van der Waals surface area contributed by atoms with Crippen molar-refractivity contribution in [1.29, 1.82) is 0 Å². The number of carbonyl (C=O) groups is 2. The molecule has 8 heteroatoms. The number of halogens is 3. The highest BCUT2D eigenvalue weighted by atomic mass is 19.4. The first-order valence-electron chi connectivity index (χ1n) is 10.2. The van der Waals surface area contributed by atoms with Crippen molar-refractivity contribution >= 4 is 22.7 Å². The van der Waals surface area contributed by atoms with Gasteiger partial charge in [-0.25, -0.2) is 9.59 Å². The first-order chi connectivity index (χ1) is 15.4. The Morgan fingerprint density at radius 2 is 1.55 bits per heavy atom. The molecule has 3 aromatic carbocycles. The number of hydrogen-bond donors (Lipinski definition) is 2. The maximum Gasteiger partial charge on any atom is 0.416 e. The topological polar surface area (TPSA) is 75.6 Å². The molecule has 0 aromatic heterocycles. The Hall–Kier alpha value is -3.39. The number of carbonyl (C=O) groups excluding carboxylic acids is 1. The highest BCUT2D eigenvalue weighted by Crippen LogP contribution is 2.31. The minimum absolute atomic E-state index is 0.154. The molecule has 0 aliphatic heterocycles. The highest BCUT2D eigenvalue weighted by Gasteiger charge is 2.32. The highest BCUT2D eigenvalue weighted by molar-refractivity contribution is 6.04. The molecule has 1 unspecified atom stereocenters. The van der Waals surface area contributed by atoms with Crippen LogP contribution < -0.4 is 5.32 Å². The summed E-state index contributed by atoms with van der Waals surface area (Å²) in [6.07, 6.45) is -4.49. The van der Waals surface area contributed by atoms with E-state index in [1.165, 1.54) is 18.2 Å². The number of alkyl halides is 3. The molecule has 5 nitrogen and oxygen atoms in total. The first-order valence-corrected chi connectivity index (χ1v) is 10.2. The number of benzene rings is 3. The van der Waals surface area contributed by atoms with Crippen LogP contribution in [0.2, 0.25) is 0 Å². The van der Waals surface area contributed by atoms with Crippen LogP contribution >= 0.6 is 0 Å². The maximum atomic E-state index is 13.0. The average molecular weight is 459 g/mol. The van der Waals surface area contributed by atoms with Gasteiger partial charge in [0.05, 0.1) is 11.1 Å². The van der Waals surface area contributed by atoms with Gasteiger partial charge in [0, 0.05) is 6.54 Å². The van der Waals surface area contributed by atoms with E-state index in [2.05, 4.69) is 5.32 Å². The van der Waals surface area contributed by atoms with E-state index in [9.17, 15) is 27.9 Å². The monoisotopic (exact) mass is 459 g/mol. The van der Waals surface area contributed by atoms with Crippen molar-refractivity contribution in [2.45, 2.75) is 45.1 Å². The molecule has 0 saturated carbocycles. The van der Waals surface area contributed by atoms with Crippen LogP contribution in [0.4, 0.5) is 13.2 Å². The van der Waals surface area contributed by atoms with Crippen LogP contribution in [0.3, 0.4) is 0 Å². The molecule has 2 N–H and O–H groups in total. The molecule has 0 aliphatic rings. The molecule has 0 spiro atoms. The molecule has 0 bridgehead atoms. The largest absolute Gasteiger partial charge is 0.478 e. The minimum Gasteiger partial charge on any atom is -0.478 e. The Morgan fingerprint density at radius 3 is 2.09 bits per heavy atom. The predicted octanol–water partition coefficient (Wildman–Crippen LogP) is 5.73. The van der Waals surface area contributed by atoms with Gasteiger partial charge in [-0.3, -0.25) is 5.32 Å². The molecule has 0 fully saturated rings. The Balaban J connectivity index is 1.94. The summed E-state index contributed by atoms with van der Waals surface area (Å²) in [6.45, 7) is 5.26. The number of esters is 1. The van der Waals surface area contributed by atoms with Crippen LogP contribution in [0.25, 0.3) is 10.8 Å². The van der Waals surface area contributed by atoms with Gasteiger partial charge in [-0.05, 0) is 60.9 Å². The van der Waals surface area contributed by atoms with Gasteiger partial charge in [-0.15, -0.1) is 0 Å². The lowest BCUT2D eigenvalue weighted by Crippen LogP contribution is -2.35. The van der Waals surface area contributed by atoms with E-state index in [0.717, 1.165) is 17.7 Å². The van der Waals surface area contributed by atoms with Gasteiger partial charge in [-0.1, -0.05) is 42.5 Å². The summed E-state index contributed by atoms with van der Waals surface area (Å²) in [5, 5.41) is 13.8. The number of rotatable bonds is 6. The molecule has 3 aromatic rings. The van der Waals surface area contributed by atoms with Gasteiger partial charge in [0.15, 0.2) is 0 Å². The third kappa shape index (κ3) is 5.90. The number of fused-ring (bicyclic) bond motifs is 1. The van der Waals surface area contributed by atoms with Crippen LogP contribution in [0.5, 0.6) is 0 Å². The second-order valence-electron chi connectivity index (χ2n) is 8.59. The Kier molecular flexibility index (Phi) is 6.78. The van der Waals surface area contributed by atoms with Crippen molar-refractivity contribution in [1.82, 2.24) is 5.32 Å². The van der Waals surface area contributed by atoms with Gasteiger partial charge < -0.3 is 9.84 Å². The van der Waals surface area contributed by atoms with E-state index in [4.69, 9.17) is 4.74 Å². The molecule has 3 rings (SSSR count). The van der Waals surface area contributed by atoms with E-state index < -0.39 is 35.3 Å². The maximum absolute atomic E-state index is 13.0. The molecular weight excluding hydrogens is 435 g/mol. The van der Waals surface area contributed by atoms with Crippen molar-refractivity contribution in [3.8, 4) is 0 Å². The van der Waals surface area contributed by atoms with E-state index >= 15 is 0 Å². The normalized spacial score (nSPS) is 13.0. The predicted molar refractivity (Wildman–Crippen MR) is 118 cm³/mol. The lowest BCUT2D eigenvalue weighted by Gasteiger charge is -2.25. The Bertz CT molecular complexity index is 1160. The molecule has 0 radical (unpaired) electrons. The fourth-order valence-corrected chi connectivity index (χ4v) is 3.48. The second kappa shape index (κ2) is 9.23. The molecule has 174 valence electrons.